The first-order chi connectivity index (χ1) is 9.42. The number of piperidine rings is 1. The molecule has 3 rings (SSSR count). The number of fused-ring (bicyclic) bond motifs is 1. The molecule has 2 heterocycles. The number of para-hydroxylation sites is 2. The van der Waals surface area contributed by atoms with Gasteiger partial charge in [0.1, 0.15) is 0 Å². The Morgan fingerprint density at radius 2 is 2.00 bits per heavy atom. The molecule has 20 heavy (non-hydrogen) atoms. The number of imidazole rings is 1. The van der Waals surface area contributed by atoms with E-state index in [1.54, 1.807) is 0 Å². The lowest BCUT2D eigenvalue weighted by Crippen LogP contribution is -2.27. The Hall–Kier alpha value is -1.26. The van der Waals surface area contributed by atoms with Crippen molar-refractivity contribution in [2.75, 3.05) is 19.7 Å². The van der Waals surface area contributed by atoms with Crippen molar-refractivity contribution in [1.82, 2.24) is 15.3 Å². The van der Waals surface area contributed by atoms with Crippen molar-refractivity contribution >= 4 is 23.4 Å². The molecule has 110 valence electrons. The van der Waals surface area contributed by atoms with Gasteiger partial charge in [0.15, 0.2) is 0 Å². The van der Waals surface area contributed by atoms with Crippen molar-refractivity contribution in [2.24, 2.45) is 5.92 Å². The van der Waals surface area contributed by atoms with Gasteiger partial charge in [0.25, 0.3) is 6.01 Å². The fraction of sp³-hybridized carbons (Fsp3) is 0.533. The Morgan fingerprint density at radius 1 is 1.20 bits per heavy atom. The summed E-state index contributed by atoms with van der Waals surface area (Å²) in [6.45, 7) is 3.11. The van der Waals surface area contributed by atoms with Gasteiger partial charge >= 0.3 is 0 Å². The summed E-state index contributed by atoms with van der Waals surface area (Å²) in [5, 5.41) is 3.40. The van der Waals surface area contributed by atoms with Gasteiger partial charge in [-0.15, -0.1) is 12.4 Å². The molecular weight excluding hydrogens is 274 g/mol. The second-order valence-electron chi connectivity index (χ2n) is 5.24. The largest absolute Gasteiger partial charge is 0.465 e. The molecule has 1 aromatic carbocycles. The number of aromatic amines is 1. The lowest BCUT2D eigenvalue weighted by atomic mass is 9.93. The number of aromatic nitrogens is 2. The van der Waals surface area contributed by atoms with Crippen LogP contribution in [-0.4, -0.2) is 29.7 Å². The van der Waals surface area contributed by atoms with Crippen LogP contribution in [0.5, 0.6) is 6.01 Å². The average Bonchev–Trinajstić information content (AvgIpc) is 2.87. The summed E-state index contributed by atoms with van der Waals surface area (Å²) in [5.74, 6) is 0.875. The number of nitrogens with one attached hydrogen (secondary N) is 2. The highest BCUT2D eigenvalue weighted by molar-refractivity contribution is 5.85. The fourth-order valence-electron chi connectivity index (χ4n) is 2.71. The molecule has 5 heteroatoms. The van der Waals surface area contributed by atoms with Gasteiger partial charge in [-0.3, -0.25) is 0 Å². The Balaban J connectivity index is 0.00000147. The van der Waals surface area contributed by atoms with Gasteiger partial charge in [0, 0.05) is 0 Å². The highest BCUT2D eigenvalue weighted by Crippen LogP contribution is 2.19. The highest BCUT2D eigenvalue weighted by atomic mass is 35.5. The van der Waals surface area contributed by atoms with E-state index >= 15 is 0 Å². The van der Waals surface area contributed by atoms with Gasteiger partial charge in [0.05, 0.1) is 17.6 Å². The van der Waals surface area contributed by atoms with Crippen molar-refractivity contribution in [3.63, 3.8) is 0 Å². The van der Waals surface area contributed by atoms with Crippen LogP contribution in [0.3, 0.4) is 0 Å². The van der Waals surface area contributed by atoms with Crippen molar-refractivity contribution < 1.29 is 4.74 Å². The minimum absolute atomic E-state index is 0. The van der Waals surface area contributed by atoms with Gasteiger partial charge in [-0.1, -0.05) is 12.1 Å². The highest BCUT2D eigenvalue weighted by Gasteiger charge is 2.12. The summed E-state index contributed by atoms with van der Waals surface area (Å²) in [5.41, 5.74) is 2.01. The molecule has 0 unspecified atom stereocenters. The molecule has 4 nitrogen and oxygen atoms in total. The molecule has 1 aliphatic rings. The lowest BCUT2D eigenvalue weighted by Gasteiger charge is -2.22. The molecule has 0 spiro atoms. The van der Waals surface area contributed by atoms with E-state index in [1.165, 1.54) is 32.4 Å². The number of halogens is 1. The predicted octanol–water partition coefficient (Wildman–Crippen LogP) is 3.14. The SMILES string of the molecule is Cl.c1ccc2[nH]c(OCCCC3CCNCC3)nc2c1. The number of benzene rings is 1. The maximum absolute atomic E-state index is 5.70. The van der Waals surface area contributed by atoms with E-state index in [0.717, 1.165) is 30.0 Å². The quantitative estimate of drug-likeness (QED) is 0.833. The van der Waals surface area contributed by atoms with E-state index < -0.39 is 0 Å². The van der Waals surface area contributed by atoms with E-state index in [2.05, 4.69) is 15.3 Å². The third-order valence-electron chi connectivity index (χ3n) is 3.82. The second kappa shape index (κ2) is 7.50. The fourth-order valence-corrected chi connectivity index (χ4v) is 2.71. The molecule has 0 radical (unpaired) electrons. The molecule has 0 saturated carbocycles. The van der Waals surface area contributed by atoms with Crippen LogP contribution < -0.4 is 10.1 Å². The summed E-state index contributed by atoms with van der Waals surface area (Å²) in [6.07, 6.45) is 5.00. The summed E-state index contributed by atoms with van der Waals surface area (Å²) < 4.78 is 5.70. The normalized spacial score (nSPS) is 16.0. The van der Waals surface area contributed by atoms with Crippen molar-refractivity contribution in [1.29, 1.82) is 0 Å². The number of hydrogen-bond donors (Lipinski definition) is 2. The van der Waals surface area contributed by atoms with Crippen LogP contribution in [0.15, 0.2) is 24.3 Å². The topological polar surface area (TPSA) is 49.9 Å². The molecule has 0 bridgehead atoms. The molecule has 1 aromatic heterocycles. The van der Waals surface area contributed by atoms with Crippen molar-refractivity contribution in [2.45, 2.75) is 25.7 Å². The van der Waals surface area contributed by atoms with E-state index in [-0.39, 0.29) is 12.4 Å². The van der Waals surface area contributed by atoms with Crippen LogP contribution in [-0.2, 0) is 0 Å². The Bertz CT molecular complexity index is 490. The van der Waals surface area contributed by atoms with E-state index in [1.807, 2.05) is 24.3 Å². The third kappa shape index (κ3) is 3.87. The number of H-pyrrole nitrogens is 1. The van der Waals surface area contributed by atoms with Crippen LogP contribution in [0.1, 0.15) is 25.7 Å². The van der Waals surface area contributed by atoms with E-state index in [4.69, 9.17) is 4.74 Å². The number of rotatable bonds is 5. The van der Waals surface area contributed by atoms with Gasteiger partial charge in [-0.05, 0) is 56.8 Å². The molecule has 2 aromatic rings. The van der Waals surface area contributed by atoms with Gasteiger partial charge in [0.2, 0.25) is 0 Å². The van der Waals surface area contributed by atoms with Crippen LogP contribution in [0, 0.1) is 5.92 Å². The van der Waals surface area contributed by atoms with Crippen LogP contribution >= 0.6 is 12.4 Å². The molecule has 2 N–H and O–H groups in total. The maximum atomic E-state index is 5.70. The smallest absolute Gasteiger partial charge is 0.294 e. The number of ether oxygens (including phenoxy) is 1. The van der Waals surface area contributed by atoms with Gasteiger partial charge in [-0.2, -0.15) is 4.98 Å². The first-order valence-corrected chi connectivity index (χ1v) is 7.20. The number of nitrogens with zero attached hydrogens (tertiary/aromatic N) is 1. The lowest BCUT2D eigenvalue weighted by molar-refractivity contribution is 0.261. The Morgan fingerprint density at radius 3 is 2.80 bits per heavy atom. The standard InChI is InChI=1S/C15H21N3O.ClH/c1-2-6-14-13(5-1)17-15(18-14)19-11-3-4-12-7-9-16-10-8-12;/h1-2,5-6,12,16H,3-4,7-11H2,(H,17,18);1H. The molecular formula is C15H22ClN3O. The molecule has 0 amide bonds. The molecule has 1 aliphatic heterocycles. The zero-order valence-corrected chi connectivity index (χ0v) is 12.4. The Labute approximate surface area is 125 Å². The van der Waals surface area contributed by atoms with Gasteiger partial charge in [-0.25, -0.2) is 0 Å². The minimum Gasteiger partial charge on any atom is -0.465 e. The Kier molecular flexibility index (Phi) is 5.68. The first kappa shape index (κ1) is 15.1. The molecule has 0 aliphatic carbocycles. The first-order valence-electron chi connectivity index (χ1n) is 7.20. The van der Waals surface area contributed by atoms with Gasteiger partial charge < -0.3 is 15.0 Å². The zero-order chi connectivity index (χ0) is 12.9. The zero-order valence-electron chi connectivity index (χ0n) is 11.6. The maximum Gasteiger partial charge on any atom is 0.294 e. The average molecular weight is 296 g/mol. The summed E-state index contributed by atoms with van der Waals surface area (Å²) >= 11 is 0. The number of hydrogen-bond acceptors (Lipinski definition) is 3. The summed E-state index contributed by atoms with van der Waals surface area (Å²) in [6, 6.07) is 8.65. The minimum atomic E-state index is 0. The predicted molar refractivity (Wildman–Crippen MR) is 83.7 cm³/mol. The van der Waals surface area contributed by atoms with E-state index in [9.17, 15) is 0 Å². The molecule has 0 atom stereocenters. The van der Waals surface area contributed by atoms with Crippen LogP contribution in [0.2, 0.25) is 0 Å². The summed E-state index contributed by atoms with van der Waals surface area (Å²) in [7, 11) is 0. The summed E-state index contributed by atoms with van der Waals surface area (Å²) in [4.78, 5) is 7.60. The molecule has 1 saturated heterocycles. The van der Waals surface area contributed by atoms with Crippen LogP contribution in [0.25, 0.3) is 11.0 Å². The van der Waals surface area contributed by atoms with Crippen LogP contribution in [0.4, 0.5) is 0 Å². The van der Waals surface area contributed by atoms with E-state index in [0.29, 0.717) is 6.01 Å². The van der Waals surface area contributed by atoms with Crippen molar-refractivity contribution in [3.05, 3.63) is 24.3 Å². The second-order valence-corrected chi connectivity index (χ2v) is 5.24. The van der Waals surface area contributed by atoms with Crippen molar-refractivity contribution in [3.8, 4) is 6.01 Å². The third-order valence-corrected chi connectivity index (χ3v) is 3.82. The monoisotopic (exact) mass is 295 g/mol. The molecule has 1 fully saturated rings.